The molecule has 0 aliphatic carbocycles. The van der Waals surface area contributed by atoms with Crippen LogP contribution in [0.15, 0.2) is 53.0 Å². The van der Waals surface area contributed by atoms with E-state index in [0.717, 1.165) is 11.0 Å². The van der Waals surface area contributed by atoms with Crippen LogP contribution < -0.4 is 5.73 Å². The van der Waals surface area contributed by atoms with Crippen molar-refractivity contribution in [2.75, 3.05) is 7.05 Å². The normalized spacial score (nSPS) is 14.2. The monoisotopic (exact) mass is 346 g/mol. The smallest absolute Gasteiger partial charge is 0.0497 e. The highest BCUT2D eigenvalue weighted by molar-refractivity contribution is 9.10. The van der Waals surface area contributed by atoms with E-state index in [9.17, 15) is 0 Å². The van der Waals surface area contributed by atoms with Gasteiger partial charge >= 0.3 is 0 Å². The molecule has 0 aliphatic heterocycles. The maximum atomic E-state index is 6.25. The third-order valence-electron chi connectivity index (χ3n) is 3.70. The number of nitrogens with zero attached hydrogens (tertiary/aromatic N) is 1. The standard InChI is InChI=1S/C18H23BrN2/c1-13-5-4-6-16(11-13)18(14(2)20)21(3)12-15-7-9-17(19)10-8-15/h4-11,14,18H,12,20H2,1-3H3. The van der Waals surface area contributed by atoms with Crippen LogP contribution >= 0.6 is 15.9 Å². The van der Waals surface area contributed by atoms with E-state index in [2.05, 4.69) is 90.3 Å². The van der Waals surface area contributed by atoms with E-state index in [1.54, 1.807) is 0 Å². The minimum Gasteiger partial charge on any atom is -0.326 e. The number of likely N-dealkylation sites (N-methyl/N-ethyl adjacent to an activating group) is 1. The van der Waals surface area contributed by atoms with E-state index in [0.29, 0.717) is 0 Å². The quantitative estimate of drug-likeness (QED) is 0.875. The molecule has 112 valence electrons. The van der Waals surface area contributed by atoms with Gasteiger partial charge in [0.05, 0.1) is 0 Å². The molecule has 2 nitrogen and oxygen atoms in total. The Kier molecular flexibility index (Phi) is 5.57. The highest BCUT2D eigenvalue weighted by Crippen LogP contribution is 2.25. The molecule has 2 atom stereocenters. The molecule has 2 aromatic rings. The first-order valence-corrected chi connectivity index (χ1v) is 8.03. The molecule has 21 heavy (non-hydrogen) atoms. The third kappa shape index (κ3) is 4.40. The summed E-state index contributed by atoms with van der Waals surface area (Å²) >= 11 is 3.47. The number of rotatable bonds is 5. The predicted molar refractivity (Wildman–Crippen MR) is 93.2 cm³/mol. The summed E-state index contributed by atoms with van der Waals surface area (Å²) in [6.45, 7) is 5.08. The Morgan fingerprint density at radius 1 is 1.14 bits per heavy atom. The van der Waals surface area contributed by atoms with Crippen LogP contribution in [-0.2, 0) is 6.54 Å². The highest BCUT2D eigenvalue weighted by Gasteiger charge is 2.21. The van der Waals surface area contributed by atoms with Crippen LogP contribution in [-0.4, -0.2) is 18.0 Å². The second kappa shape index (κ2) is 7.21. The molecule has 0 radical (unpaired) electrons. The SMILES string of the molecule is Cc1cccc(C(C(C)N)N(C)Cc2ccc(Br)cc2)c1. The summed E-state index contributed by atoms with van der Waals surface area (Å²) in [5.74, 6) is 0. The molecule has 0 saturated carbocycles. The van der Waals surface area contributed by atoms with E-state index in [1.165, 1.54) is 16.7 Å². The molecule has 2 unspecified atom stereocenters. The van der Waals surface area contributed by atoms with E-state index >= 15 is 0 Å². The van der Waals surface area contributed by atoms with Gasteiger partial charge in [-0.25, -0.2) is 0 Å². The van der Waals surface area contributed by atoms with Crippen molar-refractivity contribution in [3.05, 3.63) is 69.7 Å². The Labute approximate surface area is 136 Å². The Bertz CT molecular complexity index is 578. The van der Waals surface area contributed by atoms with Crippen LogP contribution in [0.2, 0.25) is 0 Å². The number of halogens is 1. The minimum absolute atomic E-state index is 0.0762. The van der Waals surface area contributed by atoms with Crippen molar-refractivity contribution in [2.45, 2.75) is 32.5 Å². The molecule has 3 heteroatoms. The topological polar surface area (TPSA) is 29.3 Å². The molecule has 0 bridgehead atoms. The predicted octanol–water partition coefficient (Wildman–Crippen LogP) is 4.28. The van der Waals surface area contributed by atoms with Crippen LogP contribution in [0.4, 0.5) is 0 Å². The minimum atomic E-state index is 0.0762. The van der Waals surface area contributed by atoms with Crippen molar-refractivity contribution in [3.8, 4) is 0 Å². The summed E-state index contributed by atoms with van der Waals surface area (Å²) in [6.07, 6.45) is 0. The van der Waals surface area contributed by atoms with Crippen LogP contribution in [0.5, 0.6) is 0 Å². The lowest BCUT2D eigenvalue weighted by atomic mass is 9.97. The van der Waals surface area contributed by atoms with Gasteiger partial charge in [0.25, 0.3) is 0 Å². The molecule has 2 N–H and O–H groups in total. The van der Waals surface area contributed by atoms with Gasteiger partial charge < -0.3 is 5.73 Å². The molecule has 2 aromatic carbocycles. The van der Waals surface area contributed by atoms with Gasteiger partial charge in [0.2, 0.25) is 0 Å². The fraction of sp³-hybridized carbons (Fsp3) is 0.333. The molecule has 0 heterocycles. The second-order valence-electron chi connectivity index (χ2n) is 5.76. The van der Waals surface area contributed by atoms with Crippen molar-refractivity contribution in [2.24, 2.45) is 5.73 Å². The lowest BCUT2D eigenvalue weighted by Crippen LogP contribution is -2.37. The number of aryl methyl sites for hydroxylation is 1. The van der Waals surface area contributed by atoms with Gasteiger partial charge in [-0.15, -0.1) is 0 Å². The first kappa shape index (κ1) is 16.2. The van der Waals surface area contributed by atoms with Crippen molar-refractivity contribution in [3.63, 3.8) is 0 Å². The van der Waals surface area contributed by atoms with Crippen molar-refractivity contribution < 1.29 is 0 Å². The van der Waals surface area contributed by atoms with Gasteiger partial charge in [-0.05, 0) is 44.2 Å². The average molecular weight is 347 g/mol. The Balaban J connectivity index is 2.19. The van der Waals surface area contributed by atoms with Gasteiger partial charge in [0, 0.05) is 23.1 Å². The summed E-state index contributed by atoms with van der Waals surface area (Å²) in [6, 6.07) is 17.4. The zero-order valence-electron chi connectivity index (χ0n) is 12.9. The fourth-order valence-corrected chi connectivity index (χ4v) is 3.05. The van der Waals surface area contributed by atoms with E-state index in [4.69, 9.17) is 5.73 Å². The zero-order valence-corrected chi connectivity index (χ0v) is 14.5. The van der Waals surface area contributed by atoms with Crippen LogP contribution in [0.1, 0.15) is 29.7 Å². The number of hydrogen-bond donors (Lipinski definition) is 1. The van der Waals surface area contributed by atoms with Gasteiger partial charge in [0.15, 0.2) is 0 Å². The van der Waals surface area contributed by atoms with Gasteiger partial charge in [-0.2, -0.15) is 0 Å². The number of hydrogen-bond acceptors (Lipinski definition) is 2. The Morgan fingerprint density at radius 2 is 1.81 bits per heavy atom. The average Bonchev–Trinajstić information content (AvgIpc) is 2.41. The van der Waals surface area contributed by atoms with E-state index in [1.807, 2.05) is 0 Å². The third-order valence-corrected chi connectivity index (χ3v) is 4.23. The maximum Gasteiger partial charge on any atom is 0.0497 e. The largest absolute Gasteiger partial charge is 0.326 e. The van der Waals surface area contributed by atoms with Gasteiger partial charge in [-0.3, -0.25) is 4.90 Å². The van der Waals surface area contributed by atoms with Crippen LogP contribution in [0.3, 0.4) is 0 Å². The molecule has 0 aromatic heterocycles. The molecular formula is C18H23BrN2. The second-order valence-corrected chi connectivity index (χ2v) is 6.68. The van der Waals surface area contributed by atoms with Crippen molar-refractivity contribution in [1.82, 2.24) is 4.90 Å². The molecule has 0 fully saturated rings. The van der Waals surface area contributed by atoms with E-state index in [-0.39, 0.29) is 12.1 Å². The summed E-state index contributed by atoms with van der Waals surface area (Å²) in [5, 5.41) is 0. The lowest BCUT2D eigenvalue weighted by Gasteiger charge is -2.31. The van der Waals surface area contributed by atoms with Crippen LogP contribution in [0, 0.1) is 6.92 Å². The summed E-state index contributed by atoms with van der Waals surface area (Å²) in [4.78, 5) is 2.32. The van der Waals surface area contributed by atoms with Gasteiger partial charge in [-0.1, -0.05) is 57.9 Å². The highest BCUT2D eigenvalue weighted by atomic mass is 79.9. The molecular weight excluding hydrogens is 324 g/mol. The fourth-order valence-electron chi connectivity index (χ4n) is 2.79. The molecule has 0 saturated heterocycles. The summed E-state index contributed by atoms with van der Waals surface area (Å²) in [7, 11) is 2.14. The molecule has 0 spiro atoms. The van der Waals surface area contributed by atoms with E-state index < -0.39 is 0 Å². The zero-order chi connectivity index (χ0) is 15.4. The Morgan fingerprint density at radius 3 is 2.38 bits per heavy atom. The molecule has 0 amide bonds. The maximum absolute atomic E-state index is 6.25. The summed E-state index contributed by atoms with van der Waals surface area (Å²) < 4.78 is 1.11. The summed E-state index contributed by atoms with van der Waals surface area (Å²) in [5.41, 5.74) is 10.1. The lowest BCUT2D eigenvalue weighted by molar-refractivity contribution is 0.211. The number of nitrogens with two attached hydrogens (primary N) is 1. The number of benzene rings is 2. The van der Waals surface area contributed by atoms with Crippen LogP contribution in [0.25, 0.3) is 0 Å². The molecule has 0 aliphatic rings. The van der Waals surface area contributed by atoms with Crippen molar-refractivity contribution >= 4 is 15.9 Å². The first-order valence-electron chi connectivity index (χ1n) is 7.24. The van der Waals surface area contributed by atoms with Gasteiger partial charge in [0.1, 0.15) is 0 Å². The molecule has 2 rings (SSSR count). The van der Waals surface area contributed by atoms with Crippen molar-refractivity contribution in [1.29, 1.82) is 0 Å². The first-order chi connectivity index (χ1) is 9.97. The Hall–Kier alpha value is -1.16.